The largest absolute Gasteiger partial charge is 0.480 e. The van der Waals surface area contributed by atoms with Crippen LogP contribution in [0.5, 0.6) is 0 Å². The van der Waals surface area contributed by atoms with E-state index in [0.717, 1.165) is 12.8 Å². The maximum Gasteiger partial charge on any atom is 0.328 e. The fourth-order valence-corrected chi connectivity index (χ4v) is 1.79. The average Bonchev–Trinajstić information content (AvgIpc) is 2.24. The first-order valence-corrected chi connectivity index (χ1v) is 6.26. The van der Waals surface area contributed by atoms with E-state index in [4.69, 9.17) is 10.8 Å². The normalized spacial score (nSPS) is 15.3. The number of aliphatic hydroxyl groups excluding tert-OH is 1. The van der Waals surface area contributed by atoms with Crippen molar-refractivity contribution in [3.8, 4) is 0 Å². The zero-order valence-electron chi connectivity index (χ0n) is 11.3. The van der Waals surface area contributed by atoms with Crippen LogP contribution in [0, 0.1) is 5.92 Å². The Morgan fingerprint density at radius 2 is 1.84 bits per heavy atom. The molecular formula is C12H22N2O5. The van der Waals surface area contributed by atoms with E-state index in [9.17, 15) is 19.5 Å². The van der Waals surface area contributed by atoms with Crippen LogP contribution in [0.3, 0.4) is 0 Å². The molecule has 0 aliphatic rings. The van der Waals surface area contributed by atoms with E-state index in [1.54, 1.807) is 0 Å². The molecule has 0 rings (SSSR count). The summed E-state index contributed by atoms with van der Waals surface area (Å²) in [5.74, 6) is -2.55. The summed E-state index contributed by atoms with van der Waals surface area (Å²) in [5.41, 5.74) is 4.88. The predicted molar refractivity (Wildman–Crippen MR) is 68.1 cm³/mol. The van der Waals surface area contributed by atoms with Crippen LogP contribution >= 0.6 is 0 Å². The number of hydrogen-bond acceptors (Lipinski definition) is 4. The number of nitrogens with two attached hydrogens (primary N) is 1. The molecule has 0 aromatic rings. The Labute approximate surface area is 112 Å². The molecule has 0 aromatic heterocycles. The van der Waals surface area contributed by atoms with Gasteiger partial charge in [0.05, 0.1) is 12.5 Å². The van der Waals surface area contributed by atoms with Crippen molar-refractivity contribution >= 4 is 17.8 Å². The quantitative estimate of drug-likeness (QED) is 0.455. The number of nitrogens with one attached hydrogen (secondary N) is 1. The van der Waals surface area contributed by atoms with E-state index < -0.39 is 36.4 Å². The summed E-state index contributed by atoms with van der Waals surface area (Å²) in [7, 11) is 0. The lowest BCUT2D eigenvalue weighted by atomic mass is 10.0. The van der Waals surface area contributed by atoms with Crippen LogP contribution in [0.4, 0.5) is 0 Å². The highest BCUT2D eigenvalue weighted by Crippen LogP contribution is 2.10. The number of amides is 2. The molecule has 0 heterocycles. The monoisotopic (exact) mass is 274 g/mol. The number of aliphatic hydroxyl groups is 1. The second-order valence-corrected chi connectivity index (χ2v) is 4.72. The van der Waals surface area contributed by atoms with E-state index >= 15 is 0 Å². The highest BCUT2D eigenvalue weighted by Gasteiger charge is 2.29. The van der Waals surface area contributed by atoms with Crippen LogP contribution in [-0.4, -0.2) is 40.1 Å². The number of primary amides is 1. The predicted octanol–water partition coefficient (Wildman–Crippen LogP) is -0.382. The van der Waals surface area contributed by atoms with Gasteiger partial charge in [-0.05, 0) is 5.92 Å². The molecule has 0 bridgehead atoms. The van der Waals surface area contributed by atoms with E-state index in [0.29, 0.717) is 0 Å². The first-order valence-electron chi connectivity index (χ1n) is 6.26. The Morgan fingerprint density at radius 3 is 2.26 bits per heavy atom. The Morgan fingerprint density at radius 1 is 1.26 bits per heavy atom. The molecule has 0 fully saturated rings. The van der Waals surface area contributed by atoms with Crippen LogP contribution in [0.1, 0.15) is 39.5 Å². The van der Waals surface area contributed by atoms with Gasteiger partial charge in [0.1, 0.15) is 0 Å². The number of carboxylic acids is 1. The van der Waals surface area contributed by atoms with Gasteiger partial charge in [-0.25, -0.2) is 4.79 Å². The van der Waals surface area contributed by atoms with Crippen molar-refractivity contribution in [3.63, 3.8) is 0 Å². The minimum atomic E-state index is -1.53. The molecule has 7 heteroatoms. The minimum Gasteiger partial charge on any atom is -0.480 e. The van der Waals surface area contributed by atoms with E-state index in [2.05, 4.69) is 5.32 Å². The molecule has 5 N–H and O–H groups in total. The van der Waals surface area contributed by atoms with Gasteiger partial charge in [-0.2, -0.15) is 0 Å². The standard InChI is InChI=1S/C12H22N2O5/c1-3-4-7(2)5-10(17)14-11(12(18)19)8(15)6-9(13)16/h7-8,11,15H,3-6H2,1-2H3,(H2,13,16)(H,14,17)(H,18,19)/t7?,8?,11-/m0/s1. The summed E-state index contributed by atoms with van der Waals surface area (Å²) in [6.45, 7) is 3.88. The number of rotatable bonds is 9. The summed E-state index contributed by atoms with van der Waals surface area (Å²) >= 11 is 0. The molecule has 0 aromatic carbocycles. The molecule has 0 saturated carbocycles. The summed E-state index contributed by atoms with van der Waals surface area (Å²) in [6.07, 6.45) is -0.0703. The highest BCUT2D eigenvalue weighted by atomic mass is 16.4. The van der Waals surface area contributed by atoms with Gasteiger partial charge in [0, 0.05) is 6.42 Å². The molecule has 110 valence electrons. The number of aliphatic carboxylic acids is 1. The fraction of sp³-hybridized carbons (Fsp3) is 0.750. The van der Waals surface area contributed by atoms with E-state index in [-0.39, 0.29) is 12.3 Å². The SMILES string of the molecule is CCCC(C)CC(=O)N[C@H](C(=O)O)C(O)CC(N)=O. The summed E-state index contributed by atoms with van der Waals surface area (Å²) in [6, 6.07) is -1.52. The third kappa shape index (κ3) is 7.40. The van der Waals surface area contributed by atoms with Gasteiger partial charge in [-0.15, -0.1) is 0 Å². The third-order valence-electron chi connectivity index (χ3n) is 2.69. The second-order valence-electron chi connectivity index (χ2n) is 4.72. The molecule has 0 spiro atoms. The van der Waals surface area contributed by atoms with Crippen molar-refractivity contribution < 1.29 is 24.6 Å². The molecule has 0 aliphatic carbocycles. The molecule has 0 saturated heterocycles. The number of carbonyl (C=O) groups is 3. The topological polar surface area (TPSA) is 130 Å². The summed E-state index contributed by atoms with van der Waals surface area (Å²) < 4.78 is 0. The van der Waals surface area contributed by atoms with Gasteiger partial charge in [0.25, 0.3) is 0 Å². The lowest BCUT2D eigenvalue weighted by Gasteiger charge is -2.20. The van der Waals surface area contributed by atoms with Gasteiger partial charge >= 0.3 is 5.97 Å². The molecule has 2 amide bonds. The molecule has 7 nitrogen and oxygen atoms in total. The maximum atomic E-state index is 11.6. The first kappa shape index (κ1) is 17.4. The highest BCUT2D eigenvalue weighted by molar-refractivity contribution is 5.85. The van der Waals surface area contributed by atoms with Crippen molar-refractivity contribution in [1.82, 2.24) is 5.32 Å². The zero-order chi connectivity index (χ0) is 15.0. The van der Waals surface area contributed by atoms with Crippen molar-refractivity contribution in [1.29, 1.82) is 0 Å². The van der Waals surface area contributed by atoms with Gasteiger partial charge in [-0.1, -0.05) is 26.7 Å². The van der Waals surface area contributed by atoms with Crippen LogP contribution in [0.25, 0.3) is 0 Å². The fourth-order valence-electron chi connectivity index (χ4n) is 1.79. The Kier molecular flexibility index (Phi) is 7.74. The number of carbonyl (C=O) groups excluding carboxylic acids is 2. The first-order chi connectivity index (χ1) is 8.77. The van der Waals surface area contributed by atoms with Gasteiger partial charge in [-0.3, -0.25) is 9.59 Å². The van der Waals surface area contributed by atoms with Crippen LogP contribution in [0.15, 0.2) is 0 Å². The van der Waals surface area contributed by atoms with E-state index in [1.807, 2.05) is 13.8 Å². The second kappa shape index (κ2) is 8.47. The lowest BCUT2D eigenvalue weighted by Crippen LogP contribution is -2.50. The van der Waals surface area contributed by atoms with Crippen LogP contribution < -0.4 is 11.1 Å². The maximum absolute atomic E-state index is 11.6. The Bertz CT molecular complexity index is 332. The molecule has 0 radical (unpaired) electrons. The average molecular weight is 274 g/mol. The van der Waals surface area contributed by atoms with Crippen molar-refractivity contribution in [2.45, 2.75) is 51.7 Å². The van der Waals surface area contributed by atoms with Gasteiger partial charge in [0.2, 0.25) is 11.8 Å². The zero-order valence-corrected chi connectivity index (χ0v) is 11.3. The molecular weight excluding hydrogens is 252 g/mol. The molecule has 19 heavy (non-hydrogen) atoms. The smallest absolute Gasteiger partial charge is 0.328 e. The number of carboxylic acid groups (broad SMARTS) is 1. The van der Waals surface area contributed by atoms with E-state index in [1.165, 1.54) is 0 Å². The lowest BCUT2D eigenvalue weighted by molar-refractivity contribution is -0.145. The van der Waals surface area contributed by atoms with Crippen molar-refractivity contribution in [3.05, 3.63) is 0 Å². The third-order valence-corrected chi connectivity index (χ3v) is 2.69. The molecule has 0 aliphatic heterocycles. The van der Waals surface area contributed by atoms with Crippen molar-refractivity contribution in [2.24, 2.45) is 11.7 Å². The summed E-state index contributed by atoms with van der Waals surface area (Å²) in [5, 5.41) is 20.7. The molecule has 3 atom stereocenters. The van der Waals surface area contributed by atoms with Crippen LogP contribution in [0.2, 0.25) is 0 Å². The van der Waals surface area contributed by atoms with Crippen LogP contribution in [-0.2, 0) is 14.4 Å². The van der Waals surface area contributed by atoms with Gasteiger partial charge in [0.15, 0.2) is 6.04 Å². The summed E-state index contributed by atoms with van der Waals surface area (Å²) in [4.78, 5) is 33.2. The number of hydrogen-bond donors (Lipinski definition) is 4. The Balaban J connectivity index is 4.46. The minimum absolute atomic E-state index is 0.132. The Hall–Kier alpha value is -1.63. The van der Waals surface area contributed by atoms with Gasteiger partial charge < -0.3 is 21.3 Å². The molecule has 2 unspecified atom stereocenters. The van der Waals surface area contributed by atoms with Crippen molar-refractivity contribution in [2.75, 3.05) is 0 Å².